The Bertz CT molecular complexity index is 727. The Morgan fingerprint density at radius 1 is 1.08 bits per heavy atom. The monoisotopic (exact) mass is 345 g/mol. The van der Waals surface area contributed by atoms with Gasteiger partial charge in [-0.3, -0.25) is 0 Å². The third kappa shape index (κ3) is 5.23. The summed E-state index contributed by atoms with van der Waals surface area (Å²) in [4.78, 5) is 22.7. The van der Waals surface area contributed by atoms with Crippen molar-refractivity contribution in [1.82, 2.24) is 15.3 Å². The molecule has 8 nitrogen and oxygen atoms in total. The maximum atomic E-state index is 12.1. The van der Waals surface area contributed by atoms with Crippen molar-refractivity contribution in [2.24, 2.45) is 0 Å². The maximum Gasteiger partial charge on any atom is 0.319 e. The Kier molecular flexibility index (Phi) is 5.99. The van der Waals surface area contributed by atoms with Crippen LogP contribution in [-0.2, 0) is 6.54 Å². The Labute approximate surface area is 147 Å². The van der Waals surface area contributed by atoms with Crippen LogP contribution in [0.3, 0.4) is 0 Å². The van der Waals surface area contributed by atoms with Gasteiger partial charge in [0, 0.05) is 43.7 Å². The lowest BCUT2D eigenvalue weighted by Gasteiger charge is -2.13. The number of benzene rings is 1. The Morgan fingerprint density at radius 2 is 1.72 bits per heavy atom. The predicted molar refractivity (Wildman–Crippen MR) is 96.5 cm³/mol. The van der Waals surface area contributed by atoms with Gasteiger partial charge in [0.2, 0.25) is 5.95 Å². The van der Waals surface area contributed by atoms with Crippen molar-refractivity contribution in [3.63, 3.8) is 0 Å². The van der Waals surface area contributed by atoms with Gasteiger partial charge in [-0.15, -0.1) is 0 Å². The summed E-state index contributed by atoms with van der Waals surface area (Å²) >= 11 is 0. The smallest absolute Gasteiger partial charge is 0.319 e. The lowest BCUT2D eigenvalue weighted by Crippen LogP contribution is -2.29. The number of aromatic nitrogens is 2. The number of nitrogens with one attached hydrogen (secondary N) is 2. The van der Waals surface area contributed by atoms with Crippen LogP contribution >= 0.6 is 0 Å². The fourth-order valence-electron chi connectivity index (χ4n) is 2.13. The second-order valence-corrected chi connectivity index (χ2v) is 5.60. The average Bonchev–Trinajstić information content (AvgIpc) is 2.59. The molecule has 2 N–H and O–H groups in total. The first-order valence-corrected chi connectivity index (χ1v) is 7.71. The molecule has 0 spiro atoms. The van der Waals surface area contributed by atoms with Crippen LogP contribution in [0.25, 0.3) is 0 Å². The third-order valence-corrected chi connectivity index (χ3v) is 3.33. The van der Waals surface area contributed by atoms with Gasteiger partial charge in [0.25, 0.3) is 0 Å². The SMILES string of the molecule is COc1cc(NC(=O)NCc2cc(C)nc(N(C)C)n2)cc(OC)c1. The molecule has 0 saturated carbocycles. The second kappa shape index (κ2) is 8.18. The molecule has 0 aliphatic carbocycles. The fraction of sp³-hybridized carbons (Fsp3) is 0.353. The van der Waals surface area contributed by atoms with Crippen LogP contribution in [0.2, 0.25) is 0 Å². The van der Waals surface area contributed by atoms with Gasteiger partial charge in [0.1, 0.15) is 11.5 Å². The number of hydrogen-bond acceptors (Lipinski definition) is 6. The molecule has 0 aliphatic heterocycles. The van der Waals surface area contributed by atoms with E-state index in [1.165, 1.54) is 0 Å². The zero-order valence-electron chi connectivity index (χ0n) is 15.1. The molecule has 0 atom stereocenters. The summed E-state index contributed by atoms with van der Waals surface area (Å²) in [7, 11) is 6.85. The predicted octanol–water partition coefficient (Wildman–Crippen LogP) is 2.19. The van der Waals surface area contributed by atoms with Gasteiger partial charge in [-0.2, -0.15) is 0 Å². The molecular formula is C17H23N5O3. The zero-order valence-corrected chi connectivity index (χ0v) is 15.1. The molecule has 1 aromatic carbocycles. The number of urea groups is 1. The van der Waals surface area contributed by atoms with E-state index in [1.807, 2.05) is 32.0 Å². The van der Waals surface area contributed by atoms with Gasteiger partial charge in [-0.25, -0.2) is 14.8 Å². The molecule has 25 heavy (non-hydrogen) atoms. The highest BCUT2D eigenvalue weighted by Crippen LogP contribution is 2.25. The lowest BCUT2D eigenvalue weighted by molar-refractivity contribution is 0.251. The first kappa shape index (κ1) is 18.3. The van der Waals surface area contributed by atoms with Crippen molar-refractivity contribution in [3.05, 3.63) is 35.7 Å². The summed E-state index contributed by atoms with van der Waals surface area (Å²) in [5.74, 6) is 1.79. The van der Waals surface area contributed by atoms with Crippen LogP contribution < -0.4 is 25.0 Å². The first-order valence-electron chi connectivity index (χ1n) is 7.71. The van der Waals surface area contributed by atoms with E-state index in [-0.39, 0.29) is 12.6 Å². The topological polar surface area (TPSA) is 88.6 Å². The summed E-state index contributed by atoms with van der Waals surface area (Å²) < 4.78 is 10.4. The van der Waals surface area contributed by atoms with Crippen LogP contribution in [0.4, 0.5) is 16.4 Å². The normalized spacial score (nSPS) is 10.1. The molecule has 0 fully saturated rings. The van der Waals surface area contributed by atoms with E-state index in [0.29, 0.717) is 23.1 Å². The van der Waals surface area contributed by atoms with Crippen molar-refractivity contribution in [3.8, 4) is 11.5 Å². The van der Waals surface area contributed by atoms with Crippen molar-refractivity contribution in [2.75, 3.05) is 38.5 Å². The molecule has 134 valence electrons. The van der Waals surface area contributed by atoms with Gasteiger partial charge in [0.05, 0.1) is 26.5 Å². The summed E-state index contributed by atoms with van der Waals surface area (Å²) in [6.45, 7) is 2.18. The standard InChI is InChI=1S/C17H23N5O3/c1-11-6-13(20-16(19-11)22(2)3)10-18-17(23)21-12-7-14(24-4)9-15(8-12)25-5/h6-9H,10H2,1-5H3,(H2,18,21,23). The molecule has 1 heterocycles. The maximum absolute atomic E-state index is 12.1. The number of nitrogens with zero attached hydrogens (tertiary/aromatic N) is 3. The van der Waals surface area contributed by atoms with E-state index in [0.717, 1.165) is 11.4 Å². The van der Waals surface area contributed by atoms with Gasteiger partial charge >= 0.3 is 6.03 Å². The van der Waals surface area contributed by atoms with E-state index in [4.69, 9.17) is 9.47 Å². The average molecular weight is 345 g/mol. The number of aryl methyl sites for hydroxylation is 1. The third-order valence-electron chi connectivity index (χ3n) is 3.33. The number of anilines is 2. The number of carbonyl (C=O) groups is 1. The van der Waals surface area contributed by atoms with Gasteiger partial charge in [0.15, 0.2) is 0 Å². The largest absolute Gasteiger partial charge is 0.497 e. The van der Waals surface area contributed by atoms with Crippen molar-refractivity contribution in [1.29, 1.82) is 0 Å². The Hall–Kier alpha value is -3.03. The summed E-state index contributed by atoms with van der Waals surface area (Å²) in [6.07, 6.45) is 0. The van der Waals surface area contributed by atoms with Crippen molar-refractivity contribution < 1.29 is 14.3 Å². The molecule has 0 aliphatic rings. The molecule has 0 saturated heterocycles. The minimum atomic E-state index is -0.349. The van der Waals surface area contributed by atoms with Crippen LogP contribution in [0.15, 0.2) is 24.3 Å². The second-order valence-electron chi connectivity index (χ2n) is 5.60. The highest BCUT2D eigenvalue weighted by Gasteiger charge is 2.08. The molecule has 0 unspecified atom stereocenters. The van der Waals surface area contributed by atoms with E-state index < -0.39 is 0 Å². The minimum Gasteiger partial charge on any atom is -0.497 e. The molecule has 2 rings (SSSR count). The van der Waals surface area contributed by atoms with Crippen LogP contribution in [0.5, 0.6) is 11.5 Å². The molecular weight excluding hydrogens is 322 g/mol. The number of amides is 2. The Morgan fingerprint density at radius 3 is 2.28 bits per heavy atom. The summed E-state index contributed by atoms with van der Waals surface area (Å²) in [5, 5.41) is 5.53. The molecule has 8 heteroatoms. The van der Waals surface area contributed by atoms with Crippen LogP contribution in [0, 0.1) is 6.92 Å². The molecule has 2 aromatic rings. The Balaban J connectivity index is 2.02. The summed E-state index contributed by atoms with van der Waals surface area (Å²) in [5.41, 5.74) is 2.14. The van der Waals surface area contributed by atoms with E-state index >= 15 is 0 Å². The zero-order chi connectivity index (χ0) is 18.4. The number of methoxy groups -OCH3 is 2. The molecule has 0 bridgehead atoms. The van der Waals surface area contributed by atoms with Crippen LogP contribution in [-0.4, -0.2) is 44.3 Å². The lowest BCUT2D eigenvalue weighted by atomic mass is 10.3. The van der Waals surface area contributed by atoms with Gasteiger partial charge in [-0.1, -0.05) is 0 Å². The van der Waals surface area contributed by atoms with Gasteiger partial charge in [-0.05, 0) is 13.0 Å². The van der Waals surface area contributed by atoms with Crippen molar-refractivity contribution in [2.45, 2.75) is 13.5 Å². The van der Waals surface area contributed by atoms with Crippen LogP contribution in [0.1, 0.15) is 11.4 Å². The van der Waals surface area contributed by atoms with E-state index in [1.54, 1.807) is 32.4 Å². The molecule has 1 aromatic heterocycles. The minimum absolute atomic E-state index is 0.289. The molecule has 0 radical (unpaired) electrons. The quantitative estimate of drug-likeness (QED) is 0.834. The number of rotatable bonds is 6. The first-order chi connectivity index (χ1) is 11.9. The number of ether oxygens (including phenoxy) is 2. The molecule has 2 amide bonds. The van der Waals surface area contributed by atoms with Gasteiger partial charge < -0.3 is 25.0 Å². The highest BCUT2D eigenvalue weighted by molar-refractivity contribution is 5.89. The number of carbonyl (C=O) groups excluding carboxylic acids is 1. The van der Waals surface area contributed by atoms with E-state index in [9.17, 15) is 4.79 Å². The highest BCUT2D eigenvalue weighted by atomic mass is 16.5. The van der Waals surface area contributed by atoms with E-state index in [2.05, 4.69) is 20.6 Å². The summed E-state index contributed by atoms with van der Waals surface area (Å²) in [6, 6.07) is 6.64. The number of hydrogen-bond donors (Lipinski definition) is 2. The van der Waals surface area contributed by atoms with Crippen molar-refractivity contribution >= 4 is 17.7 Å². The fourth-order valence-corrected chi connectivity index (χ4v) is 2.13.